The summed E-state index contributed by atoms with van der Waals surface area (Å²) in [4.78, 5) is 0.402. The van der Waals surface area contributed by atoms with Crippen molar-refractivity contribution in [3.05, 3.63) is 30.3 Å². The zero-order chi connectivity index (χ0) is 15.6. The van der Waals surface area contributed by atoms with Gasteiger partial charge in [-0.1, -0.05) is 31.0 Å². The largest absolute Gasteiger partial charge is 0.373 e. The van der Waals surface area contributed by atoms with Crippen molar-refractivity contribution in [1.82, 2.24) is 5.32 Å². The smallest absolute Gasteiger partial charge is 0.182 e. The number of nitrogens with one attached hydrogen (secondary N) is 1. The maximum absolute atomic E-state index is 12.5. The van der Waals surface area contributed by atoms with Crippen LogP contribution < -0.4 is 5.32 Å². The minimum atomic E-state index is -3.26. The molecule has 1 saturated carbocycles. The van der Waals surface area contributed by atoms with Crippen LogP contribution in [0.15, 0.2) is 35.2 Å². The fourth-order valence-corrected chi connectivity index (χ4v) is 4.94. The van der Waals surface area contributed by atoms with E-state index in [-0.39, 0.29) is 11.6 Å². The lowest BCUT2D eigenvalue weighted by atomic mass is 9.96. The lowest BCUT2D eigenvalue weighted by molar-refractivity contribution is 0.00991. The molecule has 0 amide bonds. The Morgan fingerprint density at radius 1 is 1.27 bits per heavy atom. The van der Waals surface area contributed by atoms with Crippen LogP contribution in [0.25, 0.3) is 0 Å². The van der Waals surface area contributed by atoms with Gasteiger partial charge < -0.3 is 10.1 Å². The van der Waals surface area contributed by atoms with Gasteiger partial charge in [0.25, 0.3) is 0 Å². The fourth-order valence-electron chi connectivity index (χ4n) is 3.63. The van der Waals surface area contributed by atoms with Crippen molar-refractivity contribution in [3.8, 4) is 0 Å². The molecule has 1 aliphatic heterocycles. The third-order valence-electron chi connectivity index (χ3n) is 5.02. The summed E-state index contributed by atoms with van der Waals surface area (Å²) in [5.74, 6) is 0. The maximum atomic E-state index is 12.5. The summed E-state index contributed by atoms with van der Waals surface area (Å²) >= 11 is 0. The number of sulfone groups is 1. The van der Waals surface area contributed by atoms with Gasteiger partial charge in [-0.2, -0.15) is 0 Å². The first kappa shape index (κ1) is 16.0. The molecule has 3 rings (SSSR count). The molecule has 122 valence electrons. The average Bonchev–Trinajstić information content (AvgIpc) is 3.16. The number of ether oxygens (including phenoxy) is 1. The van der Waals surface area contributed by atoms with Gasteiger partial charge in [0.1, 0.15) is 0 Å². The van der Waals surface area contributed by atoms with Crippen molar-refractivity contribution >= 4 is 9.84 Å². The molecular formula is C17H25NO3S. The van der Waals surface area contributed by atoms with Crippen LogP contribution in [0.3, 0.4) is 0 Å². The van der Waals surface area contributed by atoms with Crippen molar-refractivity contribution in [1.29, 1.82) is 0 Å². The standard InChI is InChI=1S/C17H25NO3S/c1-14(22(19,20)16-7-3-2-4-8-16)12-18-15-11-17(21-13-15)9-5-6-10-17/h2-4,7-8,14-15,18H,5-6,9-13H2,1H3. The molecule has 1 aliphatic carbocycles. The quantitative estimate of drug-likeness (QED) is 0.905. The molecule has 0 aromatic heterocycles. The predicted octanol–water partition coefficient (Wildman–Crippen LogP) is 2.54. The van der Waals surface area contributed by atoms with Gasteiger partial charge >= 0.3 is 0 Å². The van der Waals surface area contributed by atoms with Crippen LogP contribution in [-0.2, 0) is 14.6 Å². The minimum Gasteiger partial charge on any atom is -0.373 e. The topological polar surface area (TPSA) is 55.4 Å². The van der Waals surface area contributed by atoms with Gasteiger partial charge in [-0.3, -0.25) is 0 Å². The van der Waals surface area contributed by atoms with Crippen molar-refractivity contribution < 1.29 is 13.2 Å². The molecule has 2 atom stereocenters. The first-order valence-electron chi connectivity index (χ1n) is 8.18. The van der Waals surface area contributed by atoms with E-state index in [2.05, 4.69) is 5.32 Å². The van der Waals surface area contributed by atoms with Crippen molar-refractivity contribution in [2.24, 2.45) is 0 Å². The summed E-state index contributed by atoms with van der Waals surface area (Å²) in [6.07, 6.45) is 5.84. The molecule has 2 fully saturated rings. The summed E-state index contributed by atoms with van der Waals surface area (Å²) in [5.41, 5.74) is 0.0825. The van der Waals surface area contributed by atoms with Crippen LogP contribution in [-0.4, -0.2) is 38.5 Å². The van der Waals surface area contributed by atoms with E-state index in [4.69, 9.17) is 4.74 Å². The van der Waals surface area contributed by atoms with Gasteiger partial charge in [0.05, 0.1) is 22.4 Å². The molecule has 1 aromatic rings. The van der Waals surface area contributed by atoms with Crippen LogP contribution in [0.1, 0.15) is 39.0 Å². The molecule has 1 spiro atoms. The van der Waals surface area contributed by atoms with E-state index in [1.165, 1.54) is 12.8 Å². The van der Waals surface area contributed by atoms with Crippen molar-refractivity contribution in [2.75, 3.05) is 13.2 Å². The first-order valence-corrected chi connectivity index (χ1v) is 9.73. The van der Waals surface area contributed by atoms with Gasteiger partial charge in [0, 0.05) is 12.6 Å². The van der Waals surface area contributed by atoms with Gasteiger partial charge in [-0.15, -0.1) is 0 Å². The molecule has 2 unspecified atom stereocenters. The molecule has 0 radical (unpaired) electrons. The molecular weight excluding hydrogens is 298 g/mol. The highest BCUT2D eigenvalue weighted by Crippen LogP contribution is 2.40. The van der Waals surface area contributed by atoms with Crippen molar-refractivity contribution in [2.45, 2.75) is 60.8 Å². The van der Waals surface area contributed by atoms with Crippen LogP contribution in [0, 0.1) is 0 Å². The SMILES string of the molecule is CC(CNC1COC2(CCCC2)C1)S(=O)(=O)c1ccccc1. The molecule has 0 bridgehead atoms. The Morgan fingerprint density at radius 2 is 1.95 bits per heavy atom. The second-order valence-electron chi connectivity index (χ2n) is 6.68. The van der Waals surface area contributed by atoms with E-state index in [9.17, 15) is 8.42 Å². The van der Waals surface area contributed by atoms with E-state index in [0.717, 1.165) is 19.3 Å². The van der Waals surface area contributed by atoms with Crippen LogP contribution in [0.2, 0.25) is 0 Å². The summed E-state index contributed by atoms with van der Waals surface area (Å²) in [6, 6.07) is 8.98. The minimum absolute atomic E-state index is 0.0825. The summed E-state index contributed by atoms with van der Waals surface area (Å²) < 4.78 is 31.0. The van der Waals surface area contributed by atoms with E-state index >= 15 is 0 Å². The number of benzene rings is 1. The second-order valence-corrected chi connectivity index (χ2v) is 9.05. The number of rotatable bonds is 5. The summed E-state index contributed by atoms with van der Waals surface area (Å²) in [6.45, 7) is 2.95. The first-order chi connectivity index (χ1) is 10.5. The van der Waals surface area contributed by atoms with E-state index in [1.807, 2.05) is 6.07 Å². The van der Waals surface area contributed by atoms with Gasteiger partial charge in [-0.25, -0.2) is 8.42 Å². The zero-order valence-corrected chi connectivity index (χ0v) is 13.9. The molecule has 2 aliphatic rings. The monoisotopic (exact) mass is 323 g/mol. The molecule has 22 heavy (non-hydrogen) atoms. The Hall–Kier alpha value is -0.910. The molecule has 4 nitrogen and oxygen atoms in total. The third kappa shape index (κ3) is 3.21. The lowest BCUT2D eigenvalue weighted by Gasteiger charge is -2.22. The van der Waals surface area contributed by atoms with Gasteiger partial charge in [0.15, 0.2) is 9.84 Å². The van der Waals surface area contributed by atoms with Crippen LogP contribution in [0.5, 0.6) is 0 Å². The fraction of sp³-hybridized carbons (Fsp3) is 0.647. The second kappa shape index (κ2) is 6.30. The Kier molecular flexibility index (Phi) is 4.57. The normalized spacial score (nSPS) is 25.6. The van der Waals surface area contributed by atoms with Crippen molar-refractivity contribution in [3.63, 3.8) is 0 Å². The zero-order valence-electron chi connectivity index (χ0n) is 13.1. The average molecular weight is 323 g/mol. The lowest BCUT2D eigenvalue weighted by Crippen LogP contribution is -2.38. The molecule has 1 saturated heterocycles. The highest BCUT2D eigenvalue weighted by molar-refractivity contribution is 7.92. The molecule has 1 N–H and O–H groups in total. The molecule has 5 heteroatoms. The maximum Gasteiger partial charge on any atom is 0.182 e. The number of hydrogen-bond donors (Lipinski definition) is 1. The van der Waals surface area contributed by atoms with E-state index in [0.29, 0.717) is 18.0 Å². The Labute approximate surface area is 133 Å². The van der Waals surface area contributed by atoms with E-state index in [1.54, 1.807) is 31.2 Å². The Balaban J connectivity index is 1.55. The highest BCUT2D eigenvalue weighted by Gasteiger charge is 2.42. The van der Waals surface area contributed by atoms with Gasteiger partial charge in [0.2, 0.25) is 0 Å². The third-order valence-corrected chi connectivity index (χ3v) is 7.17. The van der Waals surface area contributed by atoms with Gasteiger partial charge in [-0.05, 0) is 38.3 Å². The molecule has 1 aromatic carbocycles. The Morgan fingerprint density at radius 3 is 2.64 bits per heavy atom. The number of hydrogen-bond acceptors (Lipinski definition) is 4. The summed E-state index contributed by atoms with van der Waals surface area (Å²) in [5, 5.41) is 2.97. The molecule has 1 heterocycles. The van der Waals surface area contributed by atoms with Crippen LogP contribution >= 0.6 is 0 Å². The Bertz CT molecular complexity index is 594. The van der Waals surface area contributed by atoms with Crippen LogP contribution in [0.4, 0.5) is 0 Å². The highest BCUT2D eigenvalue weighted by atomic mass is 32.2. The summed E-state index contributed by atoms with van der Waals surface area (Å²) in [7, 11) is -3.26. The predicted molar refractivity (Wildman–Crippen MR) is 86.6 cm³/mol. The van der Waals surface area contributed by atoms with E-state index < -0.39 is 15.1 Å².